The van der Waals surface area contributed by atoms with Crippen molar-refractivity contribution in [1.82, 2.24) is 4.48 Å². The number of carbonyl (C=O) groups is 1. The zero-order valence-corrected chi connectivity index (χ0v) is 17.8. The standard InChI is InChI=1S/C25H28N3O2/c1-27(2)23-9-5-7-21-20(6-4-8-22(21)23)17-28(3)15-14-19-16-18(10-12-24(19)28)11-13-25(29)30-26/h4-13,16H,14-15,17,26H2,1-3H3/q+1/b13-11+. The lowest BCUT2D eigenvalue weighted by Gasteiger charge is -2.30. The number of benzene rings is 3. The van der Waals surface area contributed by atoms with Crippen LogP contribution in [0.15, 0.2) is 60.7 Å². The van der Waals surface area contributed by atoms with Crippen molar-refractivity contribution >= 4 is 34.2 Å². The van der Waals surface area contributed by atoms with E-state index in [1.54, 1.807) is 6.08 Å². The van der Waals surface area contributed by atoms with Gasteiger partial charge in [0.05, 0.1) is 13.6 Å². The predicted molar refractivity (Wildman–Crippen MR) is 124 cm³/mol. The number of hydrogen-bond acceptors (Lipinski definition) is 4. The van der Waals surface area contributed by atoms with E-state index in [4.69, 9.17) is 5.90 Å². The van der Waals surface area contributed by atoms with Crippen molar-refractivity contribution in [2.75, 3.05) is 32.6 Å². The van der Waals surface area contributed by atoms with Gasteiger partial charge in [-0.25, -0.2) is 4.79 Å². The molecule has 2 N–H and O–H groups in total. The average molecular weight is 403 g/mol. The molecule has 3 aromatic rings. The Labute approximate surface area is 177 Å². The zero-order valence-electron chi connectivity index (χ0n) is 17.8. The molecule has 1 unspecified atom stereocenters. The molecule has 4 rings (SSSR count). The summed E-state index contributed by atoms with van der Waals surface area (Å²) >= 11 is 0. The van der Waals surface area contributed by atoms with Crippen molar-refractivity contribution < 1.29 is 9.63 Å². The van der Waals surface area contributed by atoms with E-state index in [-0.39, 0.29) is 0 Å². The SMILES string of the molecule is CN(C)c1cccc2c(C[N+]3(C)CCc4cc(/C=C/C(=O)ON)ccc43)cccc12. The summed E-state index contributed by atoms with van der Waals surface area (Å²) in [7, 11) is 6.48. The molecule has 0 bridgehead atoms. The topological polar surface area (TPSA) is 55.6 Å². The molecule has 0 saturated carbocycles. The van der Waals surface area contributed by atoms with Crippen molar-refractivity contribution in [3.63, 3.8) is 0 Å². The van der Waals surface area contributed by atoms with Gasteiger partial charge in [-0.1, -0.05) is 30.3 Å². The fourth-order valence-corrected chi connectivity index (χ4v) is 4.55. The second kappa shape index (κ2) is 7.94. The van der Waals surface area contributed by atoms with E-state index in [0.717, 1.165) is 29.6 Å². The van der Waals surface area contributed by atoms with Gasteiger partial charge in [-0.05, 0) is 41.3 Å². The van der Waals surface area contributed by atoms with Crippen molar-refractivity contribution in [1.29, 1.82) is 0 Å². The highest BCUT2D eigenvalue weighted by atomic mass is 16.7. The van der Waals surface area contributed by atoms with Gasteiger partial charge >= 0.3 is 5.97 Å². The summed E-state index contributed by atoms with van der Waals surface area (Å²) in [5.41, 5.74) is 6.25. The Morgan fingerprint density at radius 1 is 1.13 bits per heavy atom. The van der Waals surface area contributed by atoms with Crippen LogP contribution in [0.4, 0.5) is 11.4 Å². The van der Waals surface area contributed by atoms with Crippen LogP contribution >= 0.6 is 0 Å². The van der Waals surface area contributed by atoms with E-state index < -0.39 is 5.97 Å². The van der Waals surface area contributed by atoms with Gasteiger partial charge in [0.1, 0.15) is 12.2 Å². The van der Waals surface area contributed by atoms with Gasteiger partial charge in [-0.3, -0.25) is 4.48 Å². The van der Waals surface area contributed by atoms with Crippen LogP contribution in [0.5, 0.6) is 0 Å². The van der Waals surface area contributed by atoms with E-state index in [2.05, 4.69) is 79.4 Å². The lowest BCUT2D eigenvalue weighted by molar-refractivity contribution is -0.138. The van der Waals surface area contributed by atoms with E-state index in [1.165, 1.54) is 39.4 Å². The van der Waals surface area contributed by atoms with Gasteiger partial charge in [0.15, 0.2) is 0 Å². The first kappa shape index (κ1) is 20.1. The van der Waals surface area contributed by atoms with Crippen LogP contribution in [0, 0.1) is 0 Å². The highest BCUT2D eigenvalue weighted by Crippen LogP contribution is 2.37. The number of hydrogen-bond donors (Lipinski definition) is 1. The first-order chi connectivity index (χ1) is 14.4. The Bertz CT molecular complexity index is 1140. The Morgan fingerprint density at radius 2 is 1.90 bits per heavy atom. The number of rotatable bonds is 5. The minimum absolute atomic E-state index is 0.552. The van der Waals surface area contributed by atoms with Crippen molar-refractivity contribution in [3.05, 3.63) is 77.4 Å². The molecule has 0 aliphatic carbocycles. The molecular formula is C25H28N3O2+. The Balaban J connectivity index is 1.67. The molecule has 0 radical (unpaired) electrons. The van der Waals surface area contributed by atoms with Crippen molar-refractivity contribution in [3.8, 4) is 0 Å². The number of carbonyl (C=O) groups excluding carboxylic acids is 1. The number of nitrogens with two attached hydrogens (primary N) is 1. The van der Waals surface area contributed by atoms with Crippen molar-refractivity contribution in [2.45, 2.75) is 13.0 Å². The maximum atomic E-state index is 11.3. The predicted octanol–water partition coefficient (Wildman–Crippen LogP) is 4.03. The third kappa shape index (κ3) is 3.70. The van der Waals surface area contributed by atoms with Crippen LogP contribution in [0.2, 0.25) is 0 Å². The number of fused-ring (bicyclic) bond motifs is 2. The van der Waals surface area contributed by atoms with Gasteiger partial charge in [-0.15, -0.1) is 0 Å². The molecule has 0 fully saturated rings. The molecule has 0 aromatic heterocycles. The van der Waals surface area contributed by atoms with Gasteiger partial charge < -0.3 is 9.74 Å². The Hall–Kier alpha value is -3.15. The molecule has 5 heteroatoms. The molecule has 154 valence electrons. The van der Waals surface area contributed by atoms with E-state index >= 15 is 0 Å². The summed E-state index contributed by atoms with van der Waals surface area (Å²) in [4.78, 5) is 17.6. The second-order valence-electron chi connectivity index (χ2n) is 8.37. The quantitative estimate of drug-likeness (QED) is 0.398. The molecule has 1 heterocycles. The molecule has 1 aliphatic heterocycles. The Kier molecular flexibility index (Phi) is 5.33. The normalized spacial score (nSPS) is 18.0. The number of quaternary nitrogens is 1. The molecular weight excluding hydrogens is 374 g/mol. The van der Waals surface area contributed by atoms with Crippen LogP contribution in [-0.4, -0.2) is 33.7 Å². The van der Waals surface area contributed by atoms with E-state index in [9.17, 15) is 4.79 Å². The summed E-state index contributed by atoms with van der Waals surface area (Å²) < 4.78 is 0.871. The van der Waals surface area contributed by atoms with Gasteiger partial charge in [0.2, 0.25) is 0 Å². The van der Waals surface area contributed by atoms with Gasteiger partial charge in [-0.2, -0.15) is 5.90 Å². The Morgan fingerprint density at radius 3 is 2.67 bits per heavy atom. The molecule has 0 amide bonds. The van der Waals surface area contributed by atoms with Crippen LogP contribution in [0.25, 0.3) is 16.8 Å². The third-order valence-electron chi connectivity index (χ3n) is 6.08. The largest absolute Gasteiger partial charge is 0.377 e. The summed E-state index contributed by atoms with van der Waals surface area (Å²) in [6.07, 6.45) is 4.11. The summed E-state index contributed by atoms with van der Waals surface area (Å²) in [5.74, 6) is 4.34. The molecule has 1 atom stereocenters. The van der Waals surface area contributed by atoms with Gasteiger partial charge in [0.25, 0.3) is 0 Å². The van der Waals surface area contributed by atoms with Crippen molar-refractivity contribution in [2.24, 2.45) is 5.90 Å². The second-order valence-corrected chi connectivity index (χ2v) is 8.37. The lowest BCUT2D eigenvalue weighted by Crippen LogP contribution is -2.42. The molecule has 1 aliphatic rings. The molecule has 0 spiro atoms. The number of likely N-dealkylation sites (N-methyl/N-ethyl adjacent to an activating group) is 1. The summed E-state index contributed by atoms with van der Waals surface area (Å²) in [6, 6.07) is 19.6. The van der Waals surface area contributed by atoms with E-state index in [0.29, 0.717) is 0 Å². The highest BCUT2D eigenvalue weighted by Gasteiger charge is 2.34. The fraction of sp³-hybridized carbons (Fsp3) is 0.240. The highest BCUT2D eigenvalue weighted by molar-refractivity contribution is 5.96. The summed E-state index contributed by atoms with van der Waals surface area (Å²) in [5, 5.41) is 2.61. The summed E-state index contributed by atoms with van der Waals surface area (Å²) in [6.45, 7) is 1.99. The first-order valence-corrected chi connectivity index (χ1v) is 10.2. The fourth-order valence-electron chi connectivity index (χ4n) is 4.55. The van der Waals surface area contributed by atoms with E-state index in [1.807, 2.05) is 6.07 Å². The van der Waals surface area contributed by atoms with Crippen LogP contribution in [-0.2, 0) is 22.6 Å². The van der Waals surface area contributed by atoms with Crippen LogP contribution < -0.4 is 15.3 Å². The average Bonchev–Trinajstić information content (AvgIpc) is 3.07. The molecule has 30 heavy (non-hydrogen) atoms. The molecule has 0 saturated heterocycles. The molecule has 5 nitrogen and oxygen atoms in total. The molecule has 3 aromatic carbocycles. The maximum Gasteiger partial charge on any atom is 0.349 e. The van der Waals surface area contributed by atoms with Gasteiger partial charge in [0, 0.05) is 48.8 Å². The monoisotopic (exact) mass is 402 g/mol. The lowest BCUT2D eigenvalue weighted by atomic mass is 10.0. The van der Waals surface area contributed by atoms with Crippen LogP contribution in [0.3, 0.4) is 0 Å². The van der Waals surface area contributed by atoms with Crippen LogP contribution in [0.1, 0.15) is 16.7 Å². The number of nitrogens with zero attached hydrogens (tertiary/aromatic N) is 2. The minimum atomic E-state index is -0.552. The first-order valence-electron chi connectivity index (χ1n) is 10.2. The number of anilines is 1. The minimum Gasteiger partial charge on any atom is -0.377 e. The zero-order chi connectivity index (χ0) is 21.3. The smallest absolute Gasteiger partial charge is 0.349 e. The maximum absolute atomic E-state index is 11.3. The third-order valence-corrected chi connectivity index (χ3v) is 6.08.